The summed E-state index contributed by atoms with van der Waals surface area (Å²) in [7, 11) is 0. The van der Waals surface area contributed by atoms with E-state index in [9.17, 15) is 4.39 Å². The first-order valence-corrected chi connectivity index (χ1v) is 7.47. The maximum Gasteiger partial charge on any atom is 0.123 e. The Hall–Kier alpha value is -1.67. The molecule has 0 spiro atoms. The molecule has 21 heavy (non-hydrogen) atoms. The van der Waals surface area contributed by atoms with Crippen LogP contribution in [0.3, 0.4) is 0 Å². The van der Waals surface area contributed by atoms with Crippen LogP contribution in [0.2, 0.25) is 0 Å². The lowest BCUT2D eigenvalue weighted by Gasteiger charge is -2.23. The third-order valence-corrected chi connectivity index (χ3v) is 4.22. The standard InChI is InChI=1S/C19H24FN/c1-12-10-14(3)19(11-13(12)2)16(5)21-15(4)17-6-8-18(20)9-7-17/h6-11,15-16,21H,1-5H3. The van der Waals surface area contributed by atoms with Gasteiger partial charge in [-0.25, -0.2) is 4.39 Å². The SMILES string of the molecule is Cc1cc(C)c(C(C)NC(C)c2ccc(F)cc2)cc1C. The summed E-state index contributed by atoms with van der Waals surface area (Å²) < 4.78 is 13.0. The molecule has 0 saturated carbocycles. The number of hydrogen-bond acceptors (Lipinski definition) is 1. The van der Waals surface area contributed by atoms with Gasteiger partial charge in [-0.15, -0.1) is 0 Å². The van der Waals surface area contributed by atoms with Crippen LogP contribution in [0.25, 0.3) is 0 Å². The molecule has 0 aliphatic heterocycles. The van der Waals surface area contributed by atoms with Gasteiger partial charge in [0.15, 0.2) is 0 Å². The second kappa shape index (κ2) is 6.40. The fourth-order valence-corrected chi connectivity index (χ4v) is 2.76. The molecule has 2 atom stereocenters. The molecule has 1 N–H and O–H groups in total. The van der Waals surface area contributed by atoms with E-state index in [0.717, 1.165) is 5.56 Å². The molecule has 0 bridgehead atoms. The molecule has 0 saturated heterocycles. The number of rotatable bonds is 4. The van der Waals surface area contributed by atoms with Gasteiger partial charge in [-0.05, 0) is 74.6 Å². The van der Waals surface area contributed by atoms with E-state index < -0.39 is 0 Å². The Labute approximate surface area is 127 Å². The van der Waals surface area contributed by atoms with Crippen molar-refractivity contribution in [1.29, 1.82) is 0 Å². The first-order valence-electron chi connectivity index (χ1n) is 7.47. The van der Waals surface area contributed by atoms with E-state index >= 15 is 0 Å². The zero-order chi connectivity index (χ0) is 15.6. The van der Waals surface area contributed by atoms with E-state index in [1.54, 1.807) is 0 Å². The average molecular weight is 285 g/mol. The van der Waals surface area contributed by atoms with E-state index in [2.05, 4.69) is 52.1 Å². The highest BCUT2D eigenvalue weighted by atomic mass is 19.1. The Morgan fingerprint density at radius 3 is 2.00 bits per heavy atom. The van der Waals surface area contributed by atoms with Crippen molar-refractivity contribution >= 4 is 0 Å². The Kier molecular flexibility index (Phi) is 4.79. The first-order chi connectivity index (χ1) is 9.88. The normalized spacial score (nSPS) is 14.0. The molecule has 112 valence electrons. The van der Waals surface area contributed by atoms with E-state index in [1.807, 2.05) is 12.1 Å². The van der Waals surface area contributed by atoms with E-state index in [4.69, 9.17) is 0 Å². The molecule has 1 nitrogen and oxygen atoms in total. The molecule has 0 heterocycles. The molecular weight excluding hydrogens is 261 g/mol. The number of nitrogens with one attached hydrogen (secondary N) is 1. The fraction of sp³-hybridized carbons (Fsp3) is 0.368. The zero-order valence-electron chi connectivity index (χ0n) is 13.5. The highest BCUT2D eigenvalue weighted by Crippen LogP contribution is 2.24. The van der Waals surface area contributed by atoms with Gasteiger partial charge < -0.3 is 5.32 Å². The van der Waals surface area contributed by atoms with Crippen molar-refractivity contribution in [3.05, 3.63) is 70.0 Å². The number of aryl methyl sites for hydroxylation is 3. The van der Waals surface area contributed by atoms with Gasteiger partial charge in [-0.3, -0.25) is 0 Å². The maximum atomic E-state index is 13.0. The van der Waals surface area contributed by atoms with Crippen molar-refractivity contribution in [3.8, 4) is 0 Å². The molecule has 2 rings (SSSR count). The monoisotopic (exact) mass is 285 g/mol. The van der Waals surface area contributed by atoms with Crippen LogP contribution >= 0.6 is 0 Å². The van der Waals surface area contributed by atoms with Gasteiger partial charge in [0.05, 0.1) is 0 Å². The molecular formula is C19H24FN. The Morgan fingerprint density at radius 1 is 0.810 bits per heavy atom. The highest BCUT2D eigenvalue weighted by molar-refractivity contribution is 5.38. The van der Waals surface area contributed by atoms with Gasteiger partial charge in [0, 0.05) is 12.1 Å². The van der Waals surface area contributed by atoms with E-state index in [0.29, 0.717) is 0 Å². The summed E-state index contributed by atoms with van der Waals surface area (Å²) in [5.74, 6) is -0.191. The van der Waals surface area contributed by atoms with Crippen LogP contribution in [0, 0.1) is 26.6 Å². The van der Waals surface area contributed by atoms with Gasteiger partial charge in [-0.2, -0.15) is 0 Å². The zero-order valence-corrected chi connectivity index (χ0v) is 13.5. The summed E-state index contributed by atoms with van der Waals surface area (Å²) in [6.45, 7) is 10.7. The molecule has 2 unspecified atom stereocenters. The largest absolute Gasteiger partial charge is 0.304 e. The van der Waals surface area contributed by atoms with Crippen LogP contribution in [0.15, 0.2) is 36.4 Å². The van der Waals surface area contributed by atoms with Crippen molar-refractivity contribution in [1.82, 2.24) is 5.32 Å². The van der Waals surface area contributed by atoms with Crippen LogP contribution < -0.4 is 5.32 Å². The van der Waals surface area contributed by atoms with Crippen LogP contribution in [-0.4, -0.2) is 0 Å². The minimum absolute atomic E-state index is 0.182. The van der Waals surface area contributed by atoms with Gasteiger partial charge in [0.2, 0.25) is 0 Å². The quantitative estimate of drug-likeness (QED) is 0.818. The second-order valence-corrected chi connectivity index (χ2v) is 5.95. The molecule has 0 aromatic heterocycles. The maximum absolute atomic E-state index is 13.0. The molecule has 2 aromatic carbocycles. The smallest absolute Gasteiger partial charge is 0.123 e. The molecule has 0 aliphatic carbocycles. The average Bonchev–Trinajstić information content (AvgIpc) is 2.43. The van der Waals surface area contributed by atoms with Gasteiger partial charge in [-0.1, -0.05) is 24.3 Å². The van der Waals surface area contributed by atoms with Gasteiger partial charge in [0.25, 0.3) is 0 Å². The molecule has 0 aliphatic rings. The predicted molar refractivity (Wildman–Crippen MR) is 87.0 cm³/mol. The molecule has 2 aromatic rings. The lowest BCUT2D eigenvalue weighted by Crippen LogP contribution is -2.23. The molecule has 0 radical (unpaired) electrons. The summed E-state index contributed by atoms with van der Waals surface area (Å²) in [5, 5.41) is 3.60. The van der Waals surface area contributed by atoms with Gasteiger partial charge >= 0.3 is 0 Å². The number of halogens is 1. The van der Waals surface area contributed by atoms with E-state index in [-0.39, 0.29) is 17.9 Å². The van der Waals surface area contributed by atoms with Crippen molar-refractivity contribution in [2.24, 2.45) is 0 Å². The van der Waals surface area contributed by atoms with Crippen molar-refractivity contribution in [2.75, 3.05) is 0 Å². The van der Waals surface area contributed by atoms with Crippen LogP contribution in [0.1, 0.15) is 53.7 Å². The molecule has 0 fully saturated rings. The fourth-order valence-electron chi connectivity index (χ4n) is 2.76. The minimum atomic E-state index is -0.191. The summed E-state index contributed by atoms with van der Waals surface area (Å²) in [4.78, 5) is 0. The molecule has 0 amide bonds. The summed E-state index contributed by atoms with van der Waals surface area (Å²) in [5.41, 5.74) is 6.38. The van der Waals surface area contributed by atoms with Crippen molar-refractivity contribution in [2.45, 2.75) is 46.7 Å². The topological polar surface area (TPSA) is 12.0 Å². The van der Waals surface area contributed by atoms with E-state index in [1.165, 1.54) is 34.4 Å². The summed E-state index contributed by atoms with van der Waals surface area (Å²) >= 11 is 0. The van der Waals surface area contributed by atoms with Crippen LogP contribution in [-0.2, 0) is 0 Å². The number of benzene rings is 2. The lowest BCUT2D eigenvalue weighted by atomic mass is 9.95. The third kappa shape index (κ3) is 3.70. The first kappa shape index (κ1) is 15.7. The highest BCUT2D eigenvalue weighted by Gasteiger charge is 2.14. The Morgan fingerprint density at radius 2 is 1.38 bits per heavy atom. The predicted octanol–water partition coefficient (Wildman–Crippen LogP) is 5.16. The van der Waals surface area contributed by atoms with Crippen LogP contribution in [0.5, 0.6) is 0 Å². The summed E-state index contributed by atoms with van der Waals surface area (Å²) in [6.07, 6.45) is 0. The van der Waals surface area contributed by atoms with Crippen molar-refractivity contribution in [3.63, 3.8) is 0 Å². The van der Waals surface area contributed by atoms with Gasteiger partial charge in [0.1, 0.15) is 5.82 Å². The Bertz CT molecular complexity index is 616. The third-order valence-electron chi connectivity index (χ3n) is 4.22. The lowest BCUT2D eigenvalue weighted by molar-refractivity contribution is 0.492. The number of hydrogen-bond donors (Lipinski definition) is 1. The van der Waals surface area contributed by atoms with Crippen LogP contribution in [0.4, 0.5) is 4.39 Å². The summed E-state index contributed by atoms with van der Waals surface area (Å²) in [6, 6.07) is 11.6. The molecule has 2 heteroatoms. The Balaban J connectivity index is 2.15. The van der Waals surface area contributed by atoms with Crippen molar-refractivity contribution < 1.29 is 4.39 Å². The second-order valence-electron chi connectivity index (χ2n) is 5.95. The minimum Gasteiger partial charge on any atom is -0.304 e.